The number of nitrogens with zero attached hydrogens (tertiary/aromatic N) is 4. The molecule has 1 aliphatic rings. The molecule has 0 bridgehead atoms. The largest absolute Gasteiger partial charge is 1.00 e. The molecule has 5 rings (SSSR count). The SMILES string of the molecule is Cc1c(N(Cc2ncc(CC3CC3)cn2)S(=O)(=O)c2ccc(C(=O)[O-])cc2)ncc2ccccc12.[Na+]. The van der Waals surface area contributed by atoms with Gasteiger partial charge in [0.05, 0.1) is 17.4 Å². The Labute approximate surface area is 231 Å². The maximum Gasteiger partial charge on any atom is 1.00 e. The molecule has 36 heavy (non-hydrogen) atoms. The molecule has 0 N–H and O–H groups in total. The van der Waals surface area contributed by atoms with Crippen LogP contribution in [0.2, 0.25) is 0 Å². The van der Waals surface area contributed by atoms with Crippen molar-refractivity contribution in [1.82, 2.24) is 15.0 Å². The molecule has 8 nitrogen and oxygen atoms in total. The summed E-state index contributed by atoms with van der Waals surface area (Å²) in [7, 11) is -4.13. The van der Waals surface area contributed by atoms with Crippen molar-refractivity contribution in [2.45, 2.75) is 37.6 Å². The molecule has 0 radical (unpaired) electrons. The van der Waals surface area contributed by atoms with Gasteiger partial charge >= 0.3 is 29.6 Å². The molecule has 0 spiro atoms. The minimum atomic E-state index is -4.13. The van der Waals surface area contributed by atoms with E-state index in [0.717, 1.165) is 22.8 Å². The normalized spacial score (nSPS) is 13.2. The molecule has 1 aliphatic carbocycles. The number of carbonyl (C=O) groups is 1. The van der Waals surface area contributed by atoms with E-state index in [9.17, 15) is 18.3 Å². The zero-order valence-electron chi connectivity index (χ0n) is 20.1. The van der Waals surface area contributed by atoms with Crippen LogP contribution in [0.5, 0.6) is 0 Å². The molecule has 0 amide bonds. The van der Waals surface area contributed by atoms with Crippen LogP contribution < -0.4 is 39.0 Å². The summed E-state index contributed by atoms with van der Waals surface area (Å²) in [6.07, 6.45) is 8.51. The predicted octanol–water partition coefficient (Wildman–Crippen LogP) is 0.0487. The van der Waals surface area contributed by atoms with Crippen molar-refractivity contribution in [2.24, 2.45) is 5.92 Å². The number of aromatic nitrogens is 3. The van der Waals surface area contributed by atoms with Crippen LogP contribution in [-0.4, -0.2) is 29.3 Å². The topological polar surface area (TPSA) is 116 Å². The molecule has 1 saturated carbocycles. The molecule has 178 valence electrons. The van der Waals surface area contributed by atoms with Gasteiger partial charge in [-0.15, -0.1) is 0 Å². The van der Waals surface area contributed by atoms with Gasteiger partial charge in [-0.05, 0) is 60.7 Å². The Morgan fingerprint density at radius 3 is 2.31 bits per heavy atom. The van der Waals surface area contributed by atoms with Crippen LogP contribution in [0.25, 0.3) is 10.8 Å². The van der Waals surface area contributed by atoms with Crippen molar-refractivity contribution < 1.29 is 47.9 Å². The van der Waals surface area contributed by atoms with Crippen molar-refractivity contribution in [3.05, 3.63) is 89.6 Å². The second-order valence-corrected chi connectivity index (χ2v) is 10.6. The summed E-state index contributed by atoms with van der Waals surface area (Å²) in [5, 5.41) is 12.9. The monoisotopic (exact) mass is 510 g/mol. The fraction of sp³-hybridized carbons (Fsp3) is 0.231. The Morgan fingerprint density at radius 2 is 1.67 bits per heavy atom. The summed E-state index contributed by atoms with van der Waals surface area (Å²) < 4.78 is 28.8. The minimum Gasteiger partial charge on any atom is -0.545 e. The van der Waals surface area contributed by atoms with Crippen LogP contribution >= 0.6 is 0 Å². The van der Waals surface area contributed by atoms with E-state index < -0.39 is 16.0 Å². The third kappa shape index (κ3) is 5.44. The van der Waals surface area contributed by atoms with E-state index in [1.54, 1.807) is 18.6 Å². The number of hydrogen-bond donors (Lipinski definition) is 0. The van der Waals surface area contributed by atoms with Crippen molar-refractivity contribution in [1.29, 1.82) is 0 Å². The number of carboxylic acid groups (broad SMARTS) is 1. The Bertz CT molecular complexity index is 1510. The van der Waals surface area contributed by atoms with Gasteiger partial charge in [-0.3, -0.25) is 0 Å². The molecule has 2 aromatic heterocycles. The second kappa shape index (κ2) is 10.6. The molecule has 4 aromatic rings. The number of fused-ring (bicyclic) bond motifs is 1. The van der Waals surface area contributed by atoms with Gasteiger partial charge in [0, 0.05) is 29.5 Å². The van der Waals surface area contributed by atoms with E-state index in [2.05, 4.69) is 15.0 Å². The minimum absolute atomic E-state index is 0. The van der Waals surface area contributed by atoms with Gasteiger partial charge in [0.25, 0.3) is 10.0 Å². The van der Waals surface area contributed by atoms with E-state index in [4.69, 9.17) is 0 Å². The fourth-order valence-electron chi connectivity index (χ4n) is 4.07. The van der Waals surface area contributed by atoms with E-state index in [1.165, 1.54) is 41.4 Å². The summed E-state index contributed by atoms with van der Waals surface area (Å²) in [5.41, 5.74) is 1.62. The first-order valence-corrected chi connectivity index (χ1v) is 12.8. The smallest absolute Gasteiger partial charge is 0.545 e. The molecule has 0 aliphatic heterocycles. The first-order chi connectivity index (χ1) is 16.8. The van der Waals surface area contributed by atoms with Gasteiger partial charge < -0.3 is 9.90 Å². The zero-order chi connectivity index (χ0) is 24.6. The molecular weight excluding hydrogens is 487 g/mol. The summed E-state index contributed by atoms with van der Waals surface area (Å²) in [6.45, 7) is 1.70. The van der Waals surface area contributed by atoms with E-state index >= 15 is 0 Å². The van der Waals surface area contributed by atoms with Crippen LogP contribution in [0.1, 0.15) is 40.2 Å². The average Bonchev–Trinajstić information content (AvgIpc) is 3.68. The van der Waals surface area contributed by atoms with Crippen LogP contribution in [0.15, 0.2) is 72.0 Å². The number of aryl methyl sites for hydroxylation is 1. The molecule has 0 unspecified atom stereocenters. The molecule has 0 saturated heterocycles. The van der Waals surface area contributed by atoms with Crippen LogP contribution in [0, 0.1) is 12.8 Å². The zero-order valence-corrected chi connectivity index (χ0v) is 22.9. The average molecular weight is 511 g/mol. The number of benzene rings is 2. The van der Waals surface area contributed by atoms with Crippen molar-refractivity contribution in [2.75, 3.05) is 4.31 Å². The van der Waals surface area contributed by atoms with Gasteiger partial charge in [-0.25, -0.2) is 27.7 Å². The maximum absolute atomic E-state index is 13.8. The van der Waals surface area contributed by atoms with E-state index in [0.29, 0.717) is 17.3 Å². The van der Waals surface area contributed by atoms with Crippen molar-refractivity contribution >= 4 is 32.6 Å². The Balaban J connectivity index is 0.00000304. The van der Waals surface area contributed by atoms with Crippen LogP contribution in [0.3, 0.4) is 0 Å². The number of anilines is 1. The molecule has 0 atom stereocenters. The number of carboxylic acids is 1. The second-order valence-electron chi connectivity index (χ2n) is 8.77. The summed E-state index contributed by atoms with van der Waals surface area (Å²) in [5.74, 6) is -0.0838. The predicted molar refractivity (Wildman–Crippen MR) is 129 cm³/mol. The van der Waals surface area contributed by atoms with Crippen molar-refractivity contribution in [3.8, 4) is 0 Å². The fourth-order valence-corrected chi connectivity index (χ4v) is 5.50. The number of carbonyl (C=O) groups excluding carboxylic acids is 1. The molecule has 10 heteroatoms. The molecular formula is C26H23N4NaO4S. The first-order valence-electron chi connectivity index (χ1n) is 11.3. The Morgan fingerprint density at radius 1 is 1.00 bits per heavy atom. The molecule has 2 aromatic carbocycles. The maximum atomic E-state index is 13.8. The number of rotatable bonds is 8. The van der Waals surface area contributed by atoms with E-state index in [1.807, 2.05) is 31.2 Å². The standard InChI is InChI=1S/C26H24N4O4S.Na/c1-17-23-5-3-2-4-21(23)15-29-25(17)30(16-24-27-13-19(14-28-24)12-18-6-7-18)35(33,34)22-10-8-20(9-11-22)26(31)32;/h2-5,8-11,13-15,18H,6-7,12,16H2,1H3,(H,31,32);/q;+1/p-1. The van der Waals surface area contributed by atoms with E-state index in [-0.39, 0.29) is 52.4 Å². The summed E-state index contributed by atoms with van der Waals surface area (Å²) in [4.78, 5) is 24.4. The molecule has 1 fully saturated rings. The number of hydrogen-bond acceptors (Lipinski definition) is 7. The number of pyridine rings is 1. The van der Waals surface area contributed by atoms with Crippen LogP contribution in [0.4, 0.5) is 5.82 Å². The van der Waals surface area contributed by atoms with Crippen molar-refractivity contribution in [3.63, 3.8) is 0 Å². The Hall–Kier alpha value is -2.85. The van der Waals surface area contributed by atoms with Gasteiger partial charge in [0.15, 0.2) is 0 Å². The Kier molecular flexibility index (Phi) is 7.75. The van der Waals surface area contributed by atoms with Gasteiger partial charge in [0.1, 0.15) is 11.6 Å². The van der Waals surface area contributed by atoms with Gasteiger partial charge in [0.2, 0.25) is 0 Å². The number of sulfonamides is 1. The summed E-state index contributed by atoms with van der Waals surface area (Å²) >= 11 is 0. The third-order valence-corrected chi connectivity index (χ3v) is 7.96. The van der Waals surface area contributed by atoms with Crippen LogP contribution in [-0.2, 0) is 23.0 Å². The van der Waals surface area contributed by atoms with Gasteiger partial charge in [-0.2, -0.15) is 0 Å². The third-order valence-electron chi connectivity index (χ3n) is 6.21. The number of aromatic carboxylic acids is 1. The first kappa shape index (κ1) is 26.2. The summed E-state index contributed by atoms with van der Waals surface area (Å²) in [6, 6.07) is 12.5. The van der Waals surface area contributed by atoms with Gasteiger partial charge in [-0.1, -0.05) is 36.4 Å². The molecule has 2 heterocycles. The quantitative estimate of drug-likeness (QED) is 0.308.